The van der Waals surface area contributed by atoms with E-state index in [1.165, 1.54) is 11.1 Å². The molecular formula is C18H23BrCl2SiZr-4. The third-order valence-corrected chi connectivity index (χ3v) is 2.99. The molecule has 0 aromatic heterocycles. The molecule has 0 unspecified atom stereocenters. The van der Waals surface area contributed by atoms with Crippen molar-refractivity contribution in [3.05, 3.63) is 91.7 Å². The Kier molecular flexibility index (Phi) is 27.6. The minimum atomic E-state index is 0. The normalized spacial score (nSPS) is 11.7. The molecule has 1 aromatic rings. The second kappa shape index (κ2) is 20.4. The van der Waals surface area contributed by atoms with Crippen LogP contribution in [0.1, 0.15) is 18.4 Å². The fraction of sp³-hybridized carbons (Fsp3) is 0.111. The molecule has 0 amide bonds. The van der Waals surface area contributed by atoms with E-state index < -0.39 is 0 Å². The van der Waals surface area contributed by atoms with Gasteiger partial charge in [0.05, 0.1) is 0 Å². The van der Waals surface area contributed by atoms with Crippen LogP contribution in [0, 0.1) is 27.0 Å². The van der Waals surface area contributed by atoms with Crippen molar-refractivity contribution in [2.75, 3.05) is 0 Å². The molecule has 5 heteroatoms. The molecule has 0 bridgehead atoms. The molecule has 0 aliphatic heterocycles. The second-order valence-electron chi connectivity index (χ2n) is 3.72. The molecule has 1 aromatic carbocycles. The molecule has 0 nitrogen and oxygen atoms in total. The summed E-state index contributed by atoms with van der Waals surface area (Å²) in [5, 5.41) is 0. The van der Waals surface area contributed by atoms with Crippen molar-refractivity contribution in [1.29, 1.82) is 0 Å². The van der Waals surface area contributed by atoms with Gasteiger partial charge >= 0.3 is 30.2 Å². The van der Waals surface area contributed by atoms with Crippen LogP contribution >= 0.6 is 40.7 Å². The molecule has 0 atom stereocenters. The van der Waals surface area contributed by atoms with Gasteiger partial charge in [-0.25, -0.2) is 18.2 Å². The molecular weight excluding hydrogens is 486 g/mol. The monoisotopic (exact) mass is 506 g/mol. The van der Waals surface area contributed by atoms with E-state index in [-0.39, 0.29) is 39.7 Å². The zero-order valence-corrected chi connectivity index (χ0v) is 20.6. The molecule has 0 N–H and O–H groups in total. The summed E-state index contributed by atoms with van der Waals surface area (Å²) in [6, 6.07) is 8.34. The Balaban J connectivity index is -0.000000143. The van der Waals surface area contributed by atoms with Crippen molar-refractivity contribution in [3.63, 3.8) is 0 Å². The van der Waals surface area contributed by atoms with Gasteiger partial charge < -0.3 is 14.9 Å². The van der Waals surface area contributed by atoms with Crippen LogP contribution in [-0.2, 0) is 23.3 Å². The van der Waals surface area contributed by atoms with Gasteiger partial charge in [-0.1, -0.05) is 28.1 Å². The second-order valence-corrected chi connectivity index (χ2v) is 4.64. The third-order valence-electron chi connectivity index (χ3n) is 2.46. The van der Waals surface area contributed by atoms with Gasteiger partial charge in [0.25, 0.3) is 0 Å². The van der Waals surface area contributed by atoms with E-state index in [1.807, 2.05) is 25.1 Å². The summed E-state index contributed by atoms with van der Waals surface area (Å²) in [7, 11) is 0. The van der Waals surface area contributed by atoms with E-state index in [9.17, 15) is 0 Å². The number of halogens is 3. The summed E-state index contributed by atoms with van der Waals surface area (Å²) >= 11 is 4.99. The molecule has 0 spiro atoms. The van der Waals surface area contributed by atoms with E-state index in [4.69, 9.17) is 0 Å². The predicted molar refractivity (Wildman–Crippen MR) is 112 cm³/mol. The summed E-state index contributed by atoms with van der Waals surface area (Å²) in [6.45, 7) is 1.95. The molecule has 0 radical (unpaired) electrons. The Hall–Kier alpha value is 0.340. The third kappa shape index (κ3) is 13.3. The van der Waals surface area contributed by atoms with Crippen molar-refractivity contribution in [3.8, 4) is 0 Å². The molecule has 2 aliphatic rings. The Morgan fingerprint density at radius 3 is 1.91 bits per heavy atom. The first-order chi connectivity index (χ1) is 9.36. The molecule has 23 heavy (non-hydrogen) atoms. The van der Waals surface area contributed by atoms with Crippen LogP contribution in [0.5, 0.6) is 0 Å². The van der Waals surface area contributed by atoms with Gasteiger partial charge in [-0.05, 0) is 12.1 Å². The number of benzene rings is 1. The number of hydrogen-bond donors (Lipinski definition) is 0. The molecule has 2 aliphatic carbocycles. The van der Waals surface area contributed by atoms with Gasteiger partial charge in [0.1, 0.15) is 0 Å². The van der Waals surface area contributed by atoms with Crippen molar-refractivity contribution in [2.45, 2.75) is 12.8 Å². The first kappa shape index (κ1) is 31.1. The molecule has 0 fully saturated rings. The van der Waals surface area contributed by atoms with Crippen LogP contribution in [0.4, 0.5) is 0 Å². The van der Waals surface area contributed by atoms with Crippen LogP contribution in [0.3, 0.4) is 0 Å². The number of rotatable bonds is 1. The molecule has 0 saturated carbocycles. The van der Waals surface area contributed by atoms with Crippen LogP contribution < -0.4 is 0 Å². The van der Waals surface area contributed by atoms with Gasteiger partial charge in [-0.15, -0.1) is 43.2 Å². The summed E-state index contributed by atoms with van der Waals surface area (Å²) in [6.07, 6.45) is 18.3. The van der Waals surface area contributed by atoms with Crippen LogP contribution in [0.2, 0.25) is 0 Å². The zero-order valence-electron chi connectivity index (χ0n) is 13.5. The van der Waals surface area contributed by atoms with Crippen LogP contribution in [0.25, 0.3) is 5.57 Å². The van der Waals surface area contributed by atoms with Crippen molar-refractivity contribution >= 4 is 53.2 Å². The molecule has 128 valence electrons. The van der Waals surface area contributed by atoms with E-state index in [0.29, 0.717) is 0 Å². The van der Waals surface area contributed by atoms with E-state index in [1.54, 1.807) is 23.3 Å². The summed E-state index contributed by atoms with van der Waals surface area (Å²) in [5.41, 5.74) is 2.55. The Labute approximate surface area is 179 Å². The van der Waals surface area contributed by atoms with Gasteiger partial charge in [-0.2, -0.15) is 17.7 Å². The quantitative estimate of drug-likeness (QED) is 0.335. The van der Waals surface area contributed by atoms with Gasteiger partial charge in [0, 0.05) is 4.47 Å². The number of hydrogen-bond acceptors (Lipinski definition) is 0. The summed E-state index contributed by atoms with van der Waals surface area (Å²) in [5.74, 6) is 0. The molecule has 3 rings (SSSR count). The average Bonchev–Trinajstić information content (AvgIpc) is 3.18. The number of allylic oxidation sites excluding steroid dienone is 8. The van der Waals surface area contributed by atoms with Gasteiger partial charge in [0.15, 0.2) is 0 Å². The Morgan fingerprint density at radius 2 is 1.57 bits per heavy atom. The van der Waals surface area contributed by atoms with Crippen LogP contribution in [-0.4, -0.2) is 6.88 Å². The summed E-state index contributed by atoms with van der Waals surface area (Å²) in [4.78, 5) is 0. The molecule has 0 saturated heterocycles. The average molecular weight is 510 g/mol. The first-order valence-electron chi connectivity index (χ1n) is 5.96. The van der Waals surface area contributed by atoms with E-state index >= 15 is 0 Å². The van der Waals surface area contributed by atoms with Gasteiger partial charge in [0.2, 0.25) is 0 Å². The fourth-order valence-electron chi connectivity index (χ4n) is 1.58. The van der Waals surface area contributed by atoms with E-state index in [2.05, 4.69) is 64.5 Å². The fourth-order valence-corrected chi connectivity index (χ4v) is 1.84. The molecule has 0 heterocycles. The summed E-state index contributed by atoms with van der Waals surface area (Å²) < 4.78 is 1.12. The van der Waals surface area contributed by atoms with Crippen LogP contribution in [0.15, 0.2) is 59.1 Å². The van der Waals surface area contributed by atoms with E-state index in [0.717, 1.165) is 17.3 Å². The topological polar surface area (TPSA) is 0 Å². The Morgan fingerprint density at radius 1 is 0.957 bits per heavy atom. The Bertz CT molecular complexity index is 498. The first-order valence-corrected chi connectivity index (χ1v) is 12.7. The SMILES string of the molecule is Brc1ccc(C2=CC[C-]=C2)cc1.Cl.Cl.[C-]1=CC=CC1.[CH3-].[CH3-].[SiH2]=[Zr]. The van der Waals surface area contributed by atoms with Gasteiger partial charge in [-0.3, -0.25) is 12.2 Å². The van der Waals surface area contributed by atoms with Crippen molar-refractivity contribution < 1.29 is 23.3 Å². The predicted octanol–water partition coefficient (Wildman–Crippen LogP) is 5.73. The zero-order chi connectivity index (χ0) is 13.9. The maximum atomic E-state index is 3.41. The van der Waals surface area contributed by atoms with Crippen molar-refractivity contribution in [1.82, 2.24) is 0 Å². The maximum absolute atomic E-state index is 3.41. The van der Waals surface area contributed by atoms with Crippen molar-refractivity contribution in [2.24, 2.45) is 0 Å². The standard InChI is InChI=1S/C11H8Br.C5H5.2CH3.2ClH.H2Si.Zr/c12-11-7-5-10(6-8-11)9-3-1-2-4-9;1-2-4-5-3-1;;;;;;/h3-8H,1H2;1-3H,4H2;2*1H3;2*1H;1H2;/q4*-1;;;;. The minimum absolute atomic E-state index is 0.